The van der Waals surface area contributed by atoms with E-state index in [1.54, 1.807) is 0 Å². The van der Waals surface area contributed by atoms with Crippen molar-refractivity contribution in [2.24, 2.45) is 15.0 Å². The first-order valence-corrected chi connectivity index (χ1v) is 4.32. The average molecular weight is 213 g/mol. The maximum absolute atomic E-state index is 10.0. The molecule has 0 saturated carbocycles. The van der Waals surface area contributed by atoms with Gasteiger partial charge in [-0.3, -0.25) is 0 Å². The molecule has 8 heteroatoms. The van der Waals surface area contributed by atoms with E-state index in [0.717, 1.165) is 0 Å². The summed E-state index contributed by atoms with van der Waals surface area (Å²) in [4.78, 5) is 39.5. The first kappa shape index (κ1) is 12.3. The molecule has 0 aliphatic carbocycles. The fourth-order valence-corrected chi connectivity index (χ4v) is 0.905. The van der Waals surface area contributed by atoms with E-state index < -0.39 is 5.79 Å². The molecule has 0 unspecified atom stereocenters. The van der Waals surface area contributed by atoms with Gasteiger partial charge in [-0.1, -0.05) is 0 Å². The maximum Gasteiger partial charge on any atom is 0.279 e. The van der Waals surface area contributed by atoms with Gasteiger partial charge in [0.05, 0.1) is 0 Å². The Hall–Kier alpha value is -1.68. The van der Waals surface area contributed by atoms with Crippen LogP contribution in [0.2, 0.25) is 0 Å². The van der Waals surface area contributed by atoms with Gasteiger partial charge in [-0.05, 0) is 0 Å². The molecule has 0 saturated heterocycles. The van der Waals surface area contributed by atoms with E-state index in [0.29, 0.717) is 10.5 Å². The lowest BCUT2D eigenvalue weighted by Gasteiger charge is -2.13. The van der Waals surface area contributed by atoms with Crippen LogP contribution in [0.15, 0.2) is 15.0 Å². The Bertz CT molecular complexity index is 280. The number of nitrogens with zero attached hydrogens (tertiary/aromatic N) is 3. The van der Waals surface area contributed by atoms with Gasteiger partial charge in [-0.15, -0.1) is 0 Å². The second-order valence-electron chi connectivity index (χ2n) is 2.13. The van der Waals surface area contributed by atoms with Gasteiger partial charge in [0.25, 0.3) is 5.79 Å². The van der Waals surface area contributed by atoms with E-state index in [9.17, 15) is 14.4 Å². The molecule has 0 aromatic heterocycles. The Morgan fingerprint density at radius 3 is 1.79 bits per heavy atom. The number of isocyanates is 3. The third-order valence-electron chi connectivity index (χ3n) is 1.32. The van der Waals surface area contributed by atoms with Crippen molar-refractivity contribution in [2.75, 3.05) is 6.61 Å². The molecule has 0 amide bonds. The van der Waals surface area contributed by atoms with Crippen LogP contribution in [0.5, 0.6) is 0 Å². The van der Waals surface area contributed by atoms with Crippen molar-refractivity contribution in [3.8, 4) is 0 Å². The first-order chi connectivity index (χ1) is 6.74. The molecule has 0 spiro atoms. The van der Waals surface area contributed by atoms with Gasteiger partial charge < -0.3 is 4.43 Å². The number of carbonyl (C=O) groups excluding carboxylic acids is 3. The number of hydrogen-bond acceptors (Lipinski definition) is 7. The smallest absolute Gasteiger partial charge is 0.279 e. The predicted octanol–water partition coefficient (Wildman–Crippen LogP) is -1.67. The van der Waals surface area contributed by atoms with Crippen LogP contribution in [0.4, 0.5) is 0 Å². The summed E-state index contributed by atoms with van der Waals surface area (Å²) in [6.07, 6.45) is 3.51. The summed E-state index contributed by atoms with van der Waals surface area (Å²) < 4.78 is 4.81. The molecule has 14 heavy (non-hydrogen) atoms. The Morgan fingerprint density at radius 2 is 1.50 bits per heavy atom. The van der Waals surface area contributed by atoms with Crippen molar-refractivity contribution in [3.63, 3.8) is 0 Å². The van der Waals surface area contributed by atoms with Crippen LogP contribution in [0.1, 0.15) is 6.42 Å². The van der Waals surface area contributed by atoms with Crippen molar-refractivity contribution >= 4 is 28.7 Å². The second kappa shape index (κ2) is 6.79. The summed E-state index contributed by atoms with van der Waals surface area (Å²) in [7, 11) is 0.474. The SMILES string of the molecule is O=C=NC(CCO[SiH3])(N=C=O)N=C=O. The topological polar surface area (TPSA) is 97.5 Å². The fourth-order valence-electron chi connectivity index (χ4n) is 0.701. The van der Waals surface area contributed by atoms with Gasteiger partial charge in [-0.2, -0.15) is 15.0 Å². The molecule has 7 nitrogen and oxygen atoms in total. The van der Waals surface area contributed by atoms with Crippen molar-refractivity contribution < 1.29 is 18.8 Å². The van der Waals surface area contributed by atoms with Crippen LogP contribution in [-0.4, -0.2) is 41.1 Å². The Morgan fingerprint density at radius 1 is 1.07 bits per heavy atom. The van der Waals surface area contributed by atoms with Crippen molar-refractivity contribution in [3.05, 3.63) is 0 Å². The van der Waals surface area contributed by atoms with E-state index in [1.165, 1.54) is 18.2 Å². The molecule has 0 rings (SSSR count). The molecular formula is C6H7N3O4Si. The number of hydrogen-bond donors (Lipinski definition) is 0. The molecule has 0 N–H and O–H groups in total. The molecule has 0 aromatic rings. The zero-order chi connectivity index (χ0) is 10.9. The first-order valence-electron chi connectivity index (χ1n) is 3.50. The molecular weight excluding hydrogens is 206 g/mol. The molecule has 0 atom stereocenters. The highest BCUT2D eigenvalue weighted by Crippen LogP contribution is 2.18. The molecule has 0 aliphatic rings. The highest BCUT2D eigenvalue weighted by Gasteiger charge is 2.28. The maximum atomic E-state index is 10.0. The summed E-state index contributed by atoms with van der Waals surface area (Å²) in [5.74, 6) is -1.80. The predicted molar refractivity (Wildman–Crippen MR) is 47.6 cm³/mol. The van der Waals surface area contributed by atoms with Gasteiger partial charge in [0, 0.05) is 13.0 Å². The van der Waals surface area contributed by atoms with E-state index in [-0.39, 0.29) is 13.0 Å². The Balaban J connectivity index is 5.01. The van der Waals surface area contributed by atoms with Gasteiger partial charge in [0.15, 0.2) is 0 Å². The average Bonchev–Trinajstić information content (AvgIpc) is 2.16. The highest BCUT2D eigenvalue weighted by molar-refractivity contribution is 5.97. The van der Waals surface area contributed by atoms with E-state index in [4.69, 9.17) is 4.43 Å². The highest BCUT2D eigenvalue weighted by atomic mass is 28.2. The Kier molecular flexibility index (Phi) is 5.98. The lowest BCUT2D eigenvalue weighted by atomic mass is 10.3. The second-order valence-corrected chi connectivity index (χ2v) is 2.70. The minimum atomic E-state index is -1.80. The largest absolute Gasteiger partial charge is 0.428 e. The summed E-state index contributed by atoms with van der Waals surface area (Å²) >= 11 is 0. The van der Waals surface area contributed by atoms with Crippen LogP contribution in [0, 0.1) is 0 Å². The van der Waals surface area contributed by atoms with Crippen LogP contribution < -0.4 is 0 Å². The van der Waals surface area contributed by atoms with Gasteiger partial charge in [0.2, 0.25) is 18.2 Å². The van der Waals surface area contributed by atoms with Crippen molar-refractivity contribution in [1.82, 2.24) is 0 Å². The van der Waals surface area contributed by atoms with Crippen LogP contribution in [-0.2, 0) is 18.8 Å². The summed E-state index contributed by atoms with van der Waals surface area (Å²) in [6.45, 7) is 0.174. The van der Waals surface area contributed by atoms with Crippen LogP contribution in [0.25, 0.3) is 0 Å². The van der Waals surface area contributed by atoms with E-state index in [1.807, 2.05) is 0 Å². The number of aliphatic imine (C=N–C) groups is 3. The molecule has 0 heterocycles. The lowest BCUT2D eigenvalue weighted by Crippen LogP contribution is -2.22. The molecule has 0 fully saturated rings. The van der Waals surface area contributed by atoms with E-state index >= 15 is 0 Å². The molecule has 0 bridgehead atoms. The van der Waals surface area contributed by atoms with Gasteiger partial charge in [0.1, 0.15) is 10.5 Å². The lowest BCUT2D eigenvalue weighted by molar-refractivity contribution is 0.284. The van der Waals surface area contributed by atoms with E-state index in [2.05, 4.69) is 15.0 Å². The minimum Gasteiger partial charge on any atom is -0.428 e. The molecule has 0 aliphatic heterocycles. The normalized spacial score (nSPS) is 12.9. The van der Waals surface area contributed by atoms with Crippen LogP contribution in [0.3, 0.4) is 0 Å². The molecule has 74 valence electrons. The summed E-state index contributed by atoms with van der Waals surface area (Å²) in [5.41, 5.74) is 0. The van der Waals surface area contributed by atoms with Crippen molar-refractivity contribution in [1.29, 1.82) is 0 Å². The monoisotopic (exact) mass is 213 g/mol. The molecule has 0 aromatic carbocycles. The standard InChI is InChI=1S/C6H7N3O4Si/c10-3-7-6(8-4-11,9-5-12)1-2-13-14/h1-2H2,14H3. The van der Waals surface area contributed by atoms with Crippen LogP contribution >= 0.6 is 0 Å². The fraction of sp³-hybridized carbons (Fsp3) is 0.500. The zero-order valence-corrected chi connectivity index (χ0v) is 9.39. The Labute approximate surface area is 82.1 Å². The minimum absolute atomic E-state index is 0.00375. The van der Waals surface area contributed by atoms with Crippen molar-refractivity contribution in [2.45, 2.75) is 12.2 Å². The zero-order valence-electron chi connectivity index (χ0n) is 7.39. The summed E-state index contributed by atoms with van der Waals surface area (Å²) in [5, 5.41) is 0. The van der Waals surface area contributed by atoms with Gasteiger partial charge in [-0.25, -0.2) is 14.4 Å². The third kappa shape index (κ3) is 3.82. The van der Waals surface area contributed by atoms with Gasteiger partial charge >= 0.3 is 0 Å². The summed E-state index contributed by atoms with van der Waals surface area (Å²) in [6, 6.07) is 0. The number of rotatable bonds is 6. The third-order valence-corrected chi connectivity index (χ3v) is 1.72. The molecule has 0 radical (unpaired) electrons. The quantitative estimate of drug-likeness (QED) is 0.299.